The molecule has 1 saturated heterocycles. The van der Waals surface area contributed by atoms with Crippen molar-refractivity contribution >= 4 is 0 Å². The monoisotopic (exact) mass is 268 g/mol. The van der Waals surface area contributed by atoms with E-state index in [0.29, 0.717) is 11.5 Å². The molecule has 0 amide bonds. The van der Waals surface area contributed by atoms with E-state index in [-0.39, 0.29) is 0 Å². The molecule has 0 spiro atoms. The summed E-state index contributed by atoms with van der Waals surface area (Å²) in [6, 6.07) is 1.36. The van der Waals surface area contributed by atoms with Gasteiger partial charge >= 0.3 is 0 Å². The predicted molar refractivity (Wildman–Crippen MR) is 85.6 cm³/mol. The summed E-state index contributed by atoms with van der Waals surface area (Å²) in [4.78, 5) is 2.73. The average molecular weight is 268 g/mol. The molecule has 3 unspecified atom stereocenters. The lowest BCUT2D eigenvalue weighted by atomic mass is 9.82. The fourth-order valence-electron chi connectivity index (χ4n) is 3.46. The van der Waals surface area contributed by atoms with Gasteiger partial charge in [0, 0.05) is 25.2 Å². The molecule has 0 saturated carbocycles. The van der Waals surface area contributed by atoms with Crippen molar-refractivity contribution in [2.24, 2.45) is 11.3 Å². The van der Waals surface area contributed by atoms with Gasteiger partial charge in [0.2, 0.25) is 0 Å². The van der Waals surface area contributed by atoms with Crippen molar-refractivity contribution in [2.45, 2.75) is 79.3 Å². The summed E-state index contributed by atoms with van der Waals surface area (Å²) in [6.07, 6.45) is 5.37. The Balaban J connectivity index is 2.56. The molecule has 114 valence electrons. The Morgan fingerprint density at radius 2 is 2.00 bits per heavy atom. The first-order chi connectivity index (χ1) is 8.86. The third-order valence-electron chi connectivity index (χ3n) is 4.65. The number of hydrogen-bond acceptors (Lipinski definition) is 2. The van der Waals surface area contributed by atoms with Crippen LogP contribution in [-0.4, -0.2) is 36.6 Å². The van der Waals surface area contributed by atoms with E-state index in [9.17, 15) is 0 Å². The Bertz CT molecular complexity index is 252. The zero-order chi connectivity index (χ0) is 14.5. The van der Waals surface area contributed by atoms with Crippen LogP contribution in [0.2, 0.25) is 0 Å². The van der Waals surface area contributed by atoms with Crippen molar-refractivity contribution < 1.29 is 0 Å². The maximum absolute atomic E-state index is 3.66. The fourth-order valence-corrected chi connectivity index (χ4v) is 3.46. The Morgan fingerprint density at radius 1 is 1.32 bits per heavy atom. The quantitative estimate of drug-likeness (QED) is 0.753. The van der Waals surface area contributed by atoms with Crippen LogP contribution < -0.4 is 5.32 Å². The van der Waals surface area contributed by atoms with Gasteiger partial charge in [-0.2, -0.15) is 0 Å². The smallest absolute Gasteiger partial charge is 0.00697 e. The van der Waals surface area contributed by atoms with Gasteiger partial charge in [0.25, 0.3) is 0 Å². The third kappa shape index (κ3) is 5.83. The van der Waals surface area contributed by atoms with Gasteiger partial charge in [0.1, 0.15) is 0 Å². The summed E-state index contributed by atoms with van der Waals surface area (Å²) in [5.41, 5.74) is 0.424. The van der Waals surface area contributed by atoms with E-state index in [4.69, 9.17) is 0 Å². The van der Waals surface area contributed by atoms with Gasteiger partial charge in [-0.1, -0.05) is 41.0 Å². The third-order valence-corrected chi connectivity index (χ3v) is 4.65. The van der Waals surface area contributed by atoms with Crippen LogP contribution in [0.5, 0.6) is 0 Å². The summed E-state index contributed by atoms with van der Waals surface area (Å²) in [5, 5.41) is 3.66. The van der Waals surface area contributed by atoms with Crippen molar-refractivity contribution in [3.05, 3.63) is 0 Å². The van der Waals surface area contributed by atoms with E-state index >= 15 is 0 Å². The molecule has 1 N–H and O–H groups in total. The molecule has 2 heteroatoms. The van der Waals surface area contributed by atoms with Crippen LogP contribution in [0.4, 0.5) is 0 Å². The fraction of sp³-hybridized carbons (Fsp3) is 1.00. The minimum atomic E-state index is 0.424. The minimum Gasteiger partial charge on any atom is -0.314 e. The average Bonchev–Trinajstić information content (AvgIpc) is 2.31. The maximum atomic E-state index is 3.66. The number of nitrogens with zero attached hydrogens (tertiary/aromatic N) is 1. The SMILES string of the molecule is CCCC(C)(CNC(C)C)CN1CCC(C)CC1C. The summed E-state index contributed by atoms with van der Waals surface area (Å²) >= 11 is 0. The number of likely N-dealkylation sites (tertiary alicyclic amines) is 1. The molecule has 1 heterocycles. The molecule has 0 aromatic rings. The zero-order valence-electron chi connectivity index (χ0n) is 14.1. The molecule has 0 bridgehead atoms. The molecule has 3 atom stereocenters. The van der Waals surface area contributed by atoms with Gasteiger partial charge in [-0.25, -0.2) is 0 Å². The molecular formula is C17H36N2. The standard InChI is InChI=1S/C17H36N2/c1-7-9-17(6,12-18-14(2)3)13-19-10-8-15(4)11-16(19)5/h14-16,18H,7-13H2,1-6H3. The zero-order valence-corrected chi connectivity index (χ0v) is 14.1. The van der Waals surface area contributed by atoms with Crippen LogP contribution in [0, 0.1) is 11.3 Å². The summed E-state index contributed by atoms with van der Waals surface area (Å²) in [6.45, 7) is 17.8. The molecule has 1 aliphatic heterocycles. The van der Waals surface area contributed by atoms with Gasteiger partial charge in [-0.15, -0.1) is 0 Å². The Morgan fingerprint density at radius 3 is 2.53 bits per heavy atom. The lowest BCUT2D eigenvalue weighted by molar-refractivity contribution is 0.0714. The van der Waals surface area contributed by atoms with Gasteiger partial charge < -0.3 is 10.2 Å². The maximum Gasteiger partial charge on any atom is 0.00697 e. The molecule has 2 nitrogen and oxygen atoms in total. The minimum absolute atomic E-state index is 0.424. The predicted octanol–water partition coefficient (Wildman–Crippen LogP) is 3.91. The van der Waals surface area contributed by atoms with Crippen LogP contribution in [0.15, 0.2) is 0 Å². The molecule has 19 heavy (non-hydrogen) atoms. The molecule has 0 aliphatic carbocycles. The van der Waals surface area contributed by atoms with Crippen molar-refractivity contribution in [1.29, 1.82) is 0 Å². The highest BCUT2D eigenvalue weighted by atomic mass is 15.2. The highest BCUT2D eigenvalue weighted by molar-refractivity contribution is 4.86. The Hall–Kier alpha value is -0.0800. The van der Waals surface area contributed by atoms with Crippen LogP contribution in [0.25, 0.3) is 0 Å². The highest BCUT2D eigenvalue weighted by Crippen LogP contribution is 2.29. The molecule has 1 aliphatic rings. The number of nitrogens with one attached hydrogen (secondary N) is 1. The van der Waals surface area contributed by atoms with Crippen molar-refractivity contribution in [3.8, 4) is 0 Å². The lowest BCUT2D eigenvalue weighted by Gasteiger charge is -2.43. The van der Waals surface area contributed by atoms with Crippen molar-refractivity contribution in [2.75, 3.05) is 19.6 Å². The second-order valence-electron chi connectivity index (χ2n) is 7.55. The van der Waals surface area contributed by atoms with Gasteiger partial charge in [0.15, 0.2) is 0 Å². The molecule has 0 radical (unpaired) electrons. The molecule has 1 rings (SSSR count). The summed E-state index contributed by atoms with van der Waals surface area (Å²) in [7, 11) is 0. The second-order valence-corrected chi connectivity index (χ2v) is 7.55. The highest BCUT2D eigenvalue weighted by Gasteiger charge is 2.31. The Kier molecular flexibility index (Phi) is 6.82. The first-order valence-corrected chi connectivity index (χ1v) is 8.33. The van der Waals surface area contributed by atoms with Crippen LogP contribution >= 0.6 is 0 Å². The van der Waals surface area contributed by atoms with Crippen molar-refractivity contribution in [3.63, 3.8) is 0 Å². The van der Waals surface area contributed by atoms with Gasteiger partial charge in [0.05, 0.1) is 0 Å². The summed E-state index contributed by atoms with van der Waals surface area (Å²) in [5.74, 6) is 0.914. The largest absolute Gasteiger partial charge is 0.314 e. The second kappa shape index (κ2) is 7.64. The van der Waals surface area contributed by atoms with E-state index in [1.54, 1.807) is 0 Å². The first-order valence-electron chi connectivity index (χ1n) is 8.33. The molecule has 0 aromatic carbocycles. The number of hydrogen-bond donors (Lipinski definition) is 1. The van der Waals surface area contributed by atoms with Gasteiger partial charge in [-0.05, 0) is 44.1 Å². The number of rotatable bonds is 7. The van der Waals surface area contributed by atoms with Crippen LogP contribution in [-0.2, 0) is 0 Å². The van der Waals surface area contributed by atoms with E-state index in [1.165, 1.54) is 38.8 Å². The van der Waals surface area contributed by atoms with E-state index < -0.39 is 0 Å². The van der Waals surface area contributed by atoms with E-state index in [2.05, 4.69) is 51.8 Å². The summed E-state index contributed by atoms with van der Waals surface area (Å²) < 4.78 is 0. The van der Waals surface area contributed by atoms with Gasteiger partial charge in [-0.3, -0.25) is 0 Å². The molecule has 0 aromatic heterocycles. The normalized spacial score (nSPS) is 28.6. The number of piperidine rings is 1. The van der Waals surface area contributed by atoms with Crippen LogP contribution in [0.1, 0.15) is 67.2 Å². The molecular weight excluding hydrogens is 232 g/mol. The van der Waals surface area contributed by atoms with E-state index in [1.807, 2.05) is 0 Å². The topological polar surface area (TPSA) is 15.3 Å². The van der Waals surface area contributed by atoms with Crippen LogP contribution in [0.3, 0.4) is 0 Å². The lowest BCUT2D eigenvalue weighted by Crippen LogP contribution is -2.49. The first kappa shape index (κ1) is 17.0. The molecule has 1 fully saturated rings. The Labute approximate surface area is 121 Å². The van der Waals surface area contributed by atoms with E-state index in [0.717, 1.165) is 18.5 Å². The van der Waals surface area contributed by atoms with Crippen molar-refractivity contribution in [1.82, 2.24) is 10.2 Å².